The van der Waals surface area contributed by atoms with Gasteiger partial charge in [-0.2, -0.15) is 0 Å². The molecule has 0 aliphatic carbocycles. The summed E-state index contributed by atoms with van der Waals surface area (Å²) in [5, 5.41) is 14.4. The lowest BCUT2D eigenvalue weighted by atomic mass is 9.97. The van der Waals surface area contributed by atoms with Crippen molar-refractivity contribution in [3.63, 3.8) is 0 Å². The summed E-state index contributed by atoms with van der Waals surface area (Å²) in [6.45, 7) is 2.60. The Bertz CT molecular complexity index is 1440. The summed E-state index contributed by atoms with van der Waals surface area (Å²) >= 11 is 0. The predicted octanol–water partition coefficient (Wildman–Crippen LogP) is 4.70. The zero-order valence-corrected chi connectivity index (χ0v) is 20.1. The first-order valence-electron chi connectivity index (χ1n) is 11.2. The van der Waals surface area contributed by atoms with E-state index in [9.17, 15) is 19.7 Å². The van der Waals surface area contributed by atoms with Crippen LogP contribution in [0.2, 0.25) is 0 Å². The Balaban J connectivity index is 1.55. The lowest BCUT2D eigenvalue weighted by Gasteiger charge is -2.14. The van der Waals surface area contributed by atoms with Gasteiger partial charge in [0.1, 0.15) is 11.5 Å². The zero-order valence-electron chi connectivity index (χ0n) is 20.1. The first-order chi connectivity index (χ1) is 17.2. The maximum Gasteiger partial charge on any atom is 0.293 e. The number of hydrogen-bond donors (Lipinski definition) is 1. The number of imidazole rings is 1. The van der Waals surface area contributed by atoms with Crippen LogP contribution in [-0.2, 0) is 6.54 Å². The van der Waals surface area contributed by atoms with Gasteiger partial charge >= 0.3 is 0 Å². The molecule has 1 heterocycles. The van der Waals surface area contributed by atoms with Crippen molar-refractivity contribution in [2.75, 3.05) is 24.3 Å². The fourth-order valence-electron chi connectivity index (χ4n) is 3.88. The molecule has 4 rings (SSSR count). The molecule has 0 aliphatic rings. The number of carbonyl (C=O) groups is 2. The van der Waals surface area contributed by atoms with Gasteiger partial charge in [0.05, 0.1) is 10.5 Å². The molecule has 182 valence electrons. The van der Waals surface area contributed by atoms with E-state index in [4.69, 9.17) is 0 Å². The minimum atomic E-state index is -0.525. The molecule has 0 bridgehead atoms. The molecule has 36 heavy (non-hydrogen) atoms. The number of aromatic nitrogens is 2. The molecule has 9 nitrogen and oxygen atoms in total. The van der Waals surface area contributed by atoms with E-state index in [1.54, 1.807) is 61.6 Å². The number of nitrogens with one attached hydrogen (secondary N) is 1. The summed E-state index contributed by atoms with van der Waals surface area (Å²) in [6.07, 6.45) is 3.65. The Labute approximate surface area is 208 Å². The number of nitrogens with zero attached hydrogens (tertiary/aromatic N) is 4. The van der Waals surface area contributed by atoms with Crippen molar-refractivity contribution in [2.45, 2.75) is 13.5 Å². The molecule has 4 aromatic rings. The Morgan fingerprint density at radius 1 is 1.03 bits per heavy atom. The average molecular weight is 484 g/mol. The van der Waals surface area contributed by atoms with Crippen LogP contribution in [0.4, 0.5) is 17.1 Å². The van der Waals surface area contributed by atoms with Gasteiger partial charge in [0.25, 0.3) is 11.6 Å². The second kappa shape index (κ2) is 10.2. The van der Waals surface area contributed by atoms with Crippen molar-refractivity contribution < 1.29 is 14.5 Å². The Morgan fingerprint density at radius 3 is 2.33 bits per heavy atom. The molecule has 0 saturated carbocycles. The molecule has 0 unspecified atom stereocenters. The molecule has 0 saturated heterocycles. The largest absolute Gasteiger partial charge is 0.372 e. The van der Waals surface area contributed by atoms with Crippen LogP contribution in [-0.4, -0.2) is 40.3 Å². The highest BCUT2D eigenvalue weighted by atomic mass is 16.6. The van der Waals surface area contributed by atoms with Gasteiger partial charge in [-0.15, -0.1) is 0 Å². The number of hydrogen-bond acceptors (Lipinski definition) is 6. The second-order valence-electron chi connectivity index (χ2n) is 8.48. The predicted molar refractivity (Wildman–Crippen MR) is 138 cm³/mol. The van der Waals surface area contributed by atoms with Crippen molar-refractivity contribution >= 4 is 28.8 Å². The molecule has 1 amide bonds. The van der Waals surface area contributed by atoms with Gasteiger partial charge in [-0.25, -0.2) is 4.98 Å². The van der Waals surface area contributed by atoms with Crippen LogP contribution in [0.15, 0.2) is 79.1 Å². The van der Waals surface area contributed by atoms with Gasteiger partial charge in [-0.05, 0) is 42.8 Å². The molecular formula is C27H25N5O4. The minimum absolute atomic E-state index is 0.131. The number of ketones is 1. The molecule has 0 aliphatic heterocycles. The molecular weight excluding hydrogens is 458 g/mol. The normalized spacial score (nSPS) is 10.6. The molecule has 1 aromatic heterocycles. The van der Waals surface area contributed by atoms with E-state index >= 15 is 0 Å². The van der Waals surface area contributed by atoms with Gasteiger partial charge in [0, 0.05) is 55.9 Å². The van der Waals surface area contributed by atoms with Crippen LogP contribution in [0.3, 0.4) is 0 Å². The van der Waals surface area contributed by atoms with Crippen LogP contribution in [0.1, 0.15) is 37.7 Å². The summed E-state index contributed by atoms with van der Waals surface area (Å²) in [5.41, 5.74) is 2.31. The third kappa shape index (κ3) is 5.15. The number of aryl methyl sites for hydroxylation is 1. The maximum atomic E-state index is 13.3. The van der Waals surface area contributed by atoms with E-state index in [0.29, 0.717) is 17.9 Å². The molecule has 0 atom stereocenters. The first-order valence-corrected chi connectivity index (χ1v) is 11.2. The van der Waals surface area contributed by atoms with Crippen molar-refractivity contribution in [2.24, 2.45) is 0 Å². The van der Waals surface area contributed by atoms with Gasteiger partial charge in [-0.1, -0.05) is 30.3 Å². The van der Waals surface area contributed by atoms with Crippen LogP contribution in [0, 0.1) is 17.0 Å². The van der Waals surface area contributed by atoms with E-state index in [-0.39, 0.29) is 22.4 Å². The number of anilines is 2. The fourth-order valence-corrected chi connectivity index (χ4v) is 3.88. The quantitative estimate of drug-likeness (QED) is 0.221. The Hall–Kier alpha value is -4.79. The third-order valence-corrected chi connectivity index (χ3v) is 5.82. The fraction of sp³-hybridized carbons (Fsp3) is 0.148. The zero-order chi connectivity index (χ0) is 25.8. The smallest absolute Gasteiger partial charge is 0.293 e. The molecule has 9 heteroatoms. The van der Waals surface area contributed by atoms with Crippen LogP contribution in [0.5, 0.6) is 0 Å². The molecule has 1 N–H and O–H groups in total. The van der Waals surface area contributed by atoms with Crippen molar-refractivity contribution in [3.05, 3.63) is 117 Å². The second-order valence-corrected chi connectivity index (χ2v) is 8.48. The van der Waals surface area contributed by atoms with Gasteiger partial charge in [-0.3, -0.25) is 19.7 Å². The Morgan fingerprint density at radius 2 is 1.72 bits per heavy atom. The summed E-state index contributed by atoms with van der Waals surface area (Å²) < 4.78 is 2.02. The van der Waals surface area contributed by atoms with E-state index in [2.05, 4.69) is 10.3 Å². The van der Waals surface area contributed by atoms with Crippen LogP contribution < -0.4 is 10.2 Å². The number of benzene rings is 3. The van der Waals surface area contributed by atoms with Crippen molar-refractivity contribution in [3.8, 4) is 0 Å². The highest BCUT2D eigenvalue weighted by Crippen LogP contribution is 2.29. The molecule has 0 fully saturated rings. The van der Waals surface area contributed by atoms with E-state index in [1.807, 2.05) is 29.8 Å². The van der Waals surface area contributed by atoms with Crippen LogP contribution in [0.25, 0.3) is 0 Å². The van der Waals surface area contributed by atoms with Gasteiger partial charge in [0.2, 0.25) is 0 Å². The summed E-state index contributed by atoms with van der Waals surface area (Å²) in [6, 6.07) is 18.1. The number of rotatable bonds is 8. The van der Waals surface area contributed by atoms with E-state index in [1.165, 1.54) is 18.2 Å². The number of nitro benzene ring substituents is 1. The van der Waals surface area contributed by atoms with E-state index < -0.39 is 16.6 Å². The minimum Gasteiger partial charge on any atom is -0.372 e. The third-order valence-electron chi connectivity index (χ3n) is 5.82. The maximum absolute atomic E-state index is 13.3. The van der Waals surface area contributed by atoms with Gasteiger partial charge in [0.15, 0.2) is 5.78 Å². The Kier molecular flexibility index (Phi) is 6.91. The SMILES string of the molecule is Cc1nccn1Cc1ccc(NC(=O)c2ccccc2C(=O)c2ccc(N(C)C)c([N+](=O)[O-])c2)cc1. The number of nitro groups is 1. The molecule has 3 aromatic carbocycles. The lowest BCUT2D eigenvalue weighted by Crippen LogP contribution is -2.17. The first kappa shape index (κ1) is 24.3. The average Bonchev–Trinajstić information content (AvgIpc) is 3.28. The van der Waals surface area contributed by atoms with Crippen molar-refractivity contribution in [1.82, 2.24) is 9.55 Å². The summed E-state index contributed by atoms with van der Waals surface area (Å²) in [4.78, 5) is 43.2. The van der Waals surface area contributed by atoms with E-state index in [0.717, 1.165) is 11.4 Å². The number of amides is 1. The summed E-state index contributed by atoms with van der Waals surface area (Å²) in [5.74, 6) is -0.00730. The number of carbonyl (C=O) groups excluding carboxylic acids is 2. The standard InChI is InChI=1S/C27H25N5O4/c1-18-28-14-15-31(18)17-19-8-11-21(12-9-19)29-27(34)23-7-5-4-6-22(23)26(33)20-10-13-24(30(2)3)25(16-20)32(35)36/h4-16H,17H2,1-3H3,(H,29,34). The molecule has 0 radical (unpaired) electrons. The summed E-state index contributed by atoms with van der Waals surface area (Å²) in [7, 11) is 3.38. The molecule has 0 spiro atoms. The highest BCUT2D eigenvalue weighted by Gasteiger charge is 2.22. The monoisotopic (exact) mass is 483 g/mol. The topological polar surface area (TPSA) is 110 Å². The highest BCUT2D eigenvalue weighted by molar-refractivity contribution is 6.18. The lowest BCUT2D eigenvalue weighted by molar-refractivity contribution is -0.384. The van der Waals surface area contributed by atoms with Gasteiger partial charge < -0.3 is 14.8 Å². The van der Waals surface area contributed by atoms with Crippen LogP contribution >= 0.6 is 0 Å². The van der Waals surface area contributed by atoms with Crippen molar-refractivity contribution in [1.29, 1.82) is 0 Å².